The van der Waals surface area contributed by atoms with Gasteiger partial charge in [-0.05, 0) is 29.8 Å². The summed E-state index contributed by atoms with van der Waals surface area (Å²) in [5.41, 5.74) is 1.61. The lowest BCUT2D eigenvalue weighted by Crippen LogP contribution is -2.03. The Bertz CT molecular complexity index is 774. The number of phenolic OH excluding ortho intramolecular Hbond substituents is 2. The Balaban J connectivity index is 1.90. The van der Waals surface area contributed by atoms with Crippen LogP contribution < -0.4 is 5.32 Å². The van der Waals surface area contributed by atoms with Crippen LogP contribution in [0.25, 0.3) is 11.2 Å². The van der Waals surface area contributed by atoms with Gasteiger partial charge in [-0.25, -0.2) is 4.98 Å². The van der Waals surface area contributed by atoms with Gasteiger partial charge in [-0.2, -0.15) is 9.97 Å². The molecule has 1 aromatic carbocycles. The SMILES string of the molecule is Oc1ccc(O)c(CNc2nc(Cl)nc3nc[nH]c23)c1. The molecule has 0 saturated heterocycles. The Morgan fingerprint density at radius 1 is 1.25 bits per heavy atom. The number of imidazole rings is 1. The molecule has 0 amide bonds. The van der Waals surface area contributed by atoms with Crippen LogP contribution in [0.2, 0.25) is 5.28 Å². The molecule has 0 aliphatic rings. The molecular weight excluding hydrogens is 282 g/mol. The first-order valence-corrected chi connectivity index (χ1v) is 6.12. The fraction of sp³-hybridized carbons (Fsp3) is 0.0833. The topological polar surface area (TPSA) is 107 Å². The first-order valence-electron chi connectivity index (χ1n) is 5.75. The molecule has 2 heterocycles. The third kappa shape index (κ3) is 2.30. The molecule has 0 spiro atoms. The molecule has 0 aliphatic heterocycles. The molecule has 0 fully saturated rings. The van der Waals surface area contributed by atoms with Gasteiger partial charge in [0, 0.05) is 12.1 Å². The van der Waals surface area contributed by atoms with Gasteiger partial charge < -0.3 is 20.5 Å². The lowest BCUT2D eigenvalue weighted by Gasteiger charge is -2.08. The third-order valence-electron chi connectivity index (χ3n) is 2.77. The third-order valence-corrected chi connectivity index (χ3v) is 2.94. The molecule has 0 atom stereocenters. The van der Waals surface area contributed by atoms with E-state index < -0.39 is 0 Å². The van der Waals surface area contributed by atoms with Gasteiger partial charge in [0.25, 0.3) is 0 Å². The summed E-state index contributed by atoms with van der Waals surface area (Å²) in [6.07, 6.45) is 1.49. The summed E-state index contributed by atoms with van der Waals surface area (Å²) in [5, 5.41) is 22.2. The van der Waals surface area contributed by atoms with E-state index in [-0.39, 0.29) is 23.3 Å². The summed E-state index contributed by atoms with van der Waals surface area (Å²) < 4.78 is 0. The van der Waals surface area contributed by atoms with Crippen molar-refractivity contribution >= 4 is 28.6 Å². The van der Waals surface area contributed by atoms with Crippen molar-refractivity contribution in [3.63, 3.8) is 0 Å². The smallest absolute Gasteiger partial charge is 0.226 e. The largest absolute Gasteiger partial charge is 0.508 e. The lowest BCUT2D eigenvalue weighted by atomic mass is 10.2. The zero-order chi connectivity index (χ0) is 14.1. The lowest BCUT2D eigenvalue weighted by molar-refractivity contribution is 0.455. The Labute approximate surface area is 118 Å². The molecule has 0 radical (unpaired) electrons. The summed E-state index contributed by atoms with van der Waals surface area (Å²) in [7, 11) is 0. The number of rotatable bonds is 3. The number of aromatic amines is 1. The van der Waals surface area contributed by atoms with E-state index >= 15 is 0 Å². The Kier molecular flexibility index (Phi) is 3.03. The molecule has 0 unspecified atom stereocenters. The second kappa shape index (κ2) is 4.86. The second-order valence-corrected chi connectivity index (χ2v) is 4.45. The number of aromatic hydroxyl groups is 2. The first kappa shape index (κ1) is 12.5. The quantitative estimate of drug-likeness (QED) is 0.434. The molecular formula is C12H10ClN5O2. The van der Waals surface area contributed by atoms with Gasteiger partial charge in [0.1, 0.15) is 17.0 Å². The van der Waals surface area contributed by atoms with Crippen LogP contribution in [-0.4, -0.2) is 30.1 Å². The number of benzene rings is 1. The van der Waals surface area contributed by atoms with Gasteiger partial charge in [0.05, 0.1) is 6.33 Å². The van der Waals surface area contributed by atoms with Gasteiger partial charge in [0.2, 0.25) is 5.28 Å². The monoisotopic (exact) mass is 291 g/mol. The summed E-state index contributed by atoms with van der Waals surface area (Å²) in [4.78, 5) is 14.9. The molecule has 8 heteroatoms. The summed E-state index contributed by atoms with van der Waals surface area (Å²) in [6.45, 7) is 0.266. The normalized spacial score (nSPS) is 10.8. The molecule has 20 heavy (non-hydrogen) atoms. The number of nitrogens with zero attached hydrogens (tertiary/aromatic N) is 3. The van der Waals surface area contributed by atoms with Gasteiger partial charge in [-0.3, -0.25) is 0 Å². The van der Waals surface area contributed by atoms with Crippen molar-refractivity contribution in [2.75, 3.05) is 5.32 Å². The van der Waals surface area contributed by atoms with Crippen LogP contribution in [0.3, 0.4) is 0 Å². The fourth-order valence-corrected chi connectivity index (χ4v) is 1.99. The predicted molar refractivity (Wildman–Crippen MR) is 73.8 cm³/mol. The highest BCUT2D eigenvalue weighted by Crippen LogP contribution is 2.24. The minimum absolute atomic E-state index is 0.0759. The van der Waals surface area contributed by atoms with Gasteiger partial charge in [-0.1, -0.05) is 0 Å². The molecule has 2 aromatic heterocycles. The van der Waals surface area contributed by atoms with E-state index in [1.165, 1.54) is 24.5 Å². The number of nitrogens with one attached hydrogen (secondary N) is 2. The average molecular weight is 292 g/mol. The van der Waals surface area contributed by atoms with Crippen molar-refractivity contribution in [2.24, 2.45) is 0 Å². The molecule has 7 nitrogen and oxygen atoms in total. The van der Waals surface area contributed by atoms with Gasteiger partial charge >= 0.3 is 0 Å². The van der Waals surface area contributed by atoms with E-state index in [0.29, 0.717) is 22.5 Å². The fourth-order valence-electron chi connectivity index (χ4n) is 1.83. The maximum Gasteiger partial charge on any atom is 0.226 e. The molecule has 3 rings (SSSR count). The van der Waals surface area contributed by atoms with Gasteiger partial charge in [-0.15, -0.1) is 0 Å². The van der Waals surface area contributed by atoms with E-state index in [1.54, 1.807) is 0 Å². The van der Waals surface area contributed by atoms with Crippen LogP contribution in [0.15, 0.2) is 24.5 Å². The number of hydrogen-bond acceptors (Lipinski definition) is 6. The van der Waals surface area contributed by atoms with Crippen LogP contribution in [-0.2, 0) is 6.54 Å². The highest BCUT2D eigenvalue weighted by atomic mass is 35.5. The Morgan fingerprint density at radius 3 is 2.95 bits per heavy atom. The molecule has 102 valence electrons. The van der Waals surface area contributed by atoms with E-state index in [9.17, 15) is 10.2 Å². The van der Waals surface area contributed by atoms with Crippen LogP contribution in [0.5, 0.6) is 11.5 Å². The van der Waals surface area contributed by atoms with E-state index in [1.807, 2.05) is 0 Å². The zero-order valence-electron chi connectivity index (χ0n) is 10.1. The minimum atomic E-state index is 0.0759. The van der Waals surface area contributed by atoms with Crippen LogP contribution in [0, 0.1) is 0 Å². The van der Waals surface area contributed by atoms with Crippen LogP contribution >= 0.6 is 11.6 Å². The molecule has 0 bridgehead atoms. The van der Waals surface area contributed by atoms with Crippen molar-refractivity contribution in [2.45, 2.75) is 6.54 Å². The molecule has 0 saturated carbocycles. The molecule has 3 aromatic rings. The molecule has 4 N–H and O–H groups in total. The van der Waals surface area contributed by atoms with Crippen LogP contribution in [0.1, 0.15) is 5.56 Å². The number of fused-ring (bicyclic) bond motifs is 1. The zero-order valence-corrected chi connectivity index (χ0v) is 10.9. The number of aromatic nitrogens is 4. The number of phenols is 2. The van der Waals surface area contributed by atoms with Crippen molar-refractivity contribution in [1.82, 2.24) is 19.9 Å². The average Bonchev–Trinajstić information content (AvgIpc) is 2.87. The first-order chi connectivity index (χ1) is 9.63. The summed E-state index contributed by atoms with van der Waals surface area (Å²) >= 11 is 5.81. The maximum atomic E-state index is 9.71. The number of H-pyrrole nitrogens is 1. The van der Waals surface area contributed by atoms with E-state index in [0.717, 1.165) is 0 Å². The Morgan fingerprint density at radius 2 is 2.10 bits per heavy atom. The summed E-state index contributed by atoms with van der Waals surface area (Å²) in [6, 6.07) is 4.30. The minimum Gasteiger partial charge on any atom is -0.508 e. The van der Waals surface area contributed by atoms with Crippen molar-refractivity contribution < 1.29 is 10.2 Å². The molecule has 0 aliphatic carbocycles. The predicted octanol–water partition coefficient (Wildman–Crippen LogP) is 2.03. The van der Waals surface area contributed by atoms with Gasteiger partial charge in [0.15, 0.2) is 11.5 Å². The van der Waals surface area contributed by atoms with Crippen molar-refractivity contribution in [3.8, 4) is 11.5 Å². The van der Waals surface area contributed by atoms with Crippen LogP contribution in [0.4, 0.5) is 5.82 Å². The highest BCUT2D eigenvalue weighted by molar-refractivity contribution is 6.28. The van der Waals surface area contributed by atoms with Crippen molar-refractivity contribution in [3.05, 3.63) is 35.4 Å². The van der Waals surface area contributed by atoms with Crippen molar-refractivity contribution in [1.29, 1.82) is 0 Å². The summed E-state index contributed by atoms with van der Waals surface area (Å²) in [5.74, 6) is 0.628. The Hall–Kier alpha value is -2.54. The number of anilines is 1. The van der Waals surface area contributed by atoms with E-state index in [2.05, 4.69) is 25.3 Å². The second-order valence-electron chi connectivity index (χ2n) is 4.11. The number of halogens is 1. The maximum absolute atomic E-state index is 9.71. The highest BCUT2D eigenvalue weighted by Gasteiger charge is 2.10. The standard InChI is InChI=1S/C12H10ClN5O2/c13-12-17-10(9-11(18-12)16-5-15-9)14-4-6-3-7(19)1-2-8(6)20/h1-3,5,19-20H,4H2,(H2,14,15,16,17,18). The van der Waals surface area contributed by atoms with E-state index in [4.69, 9.17) is 11.6 Å². The number of hydrogen-bond donors (Lipinski definition) is 4.